The van der Waals surface area contributed by atoms with E-state index in [0.717, 1.165) is 6.21 Å². The van der Waals surface area contributed by atoms with E-state index in [-0.39, 0.29) is 12.5 Å². The van der Waals surface area contributed by atoms with Crippen molar-refractivity contribution in [1.82, 2.24) is 9.55 Å². The molecule has 1 rings (SSSR count). The van der Waals surface area contributed by atoms with Crippen molar-refractivity contribution in [2.45, 2.75) is 6.54 Å². The maximum Gasteiger partial charge on any atom is 0.434 e. The van der Waals surface area contributed by atoms with E-state index in [2.05, 4.69) is 4.98 Å². The third-order valence-corrected chi connectivity index (χ3v) is 1.14. The first-order chi connectivity index (χ1) is 5.25. The first-order valence-electron chi connectivity index (χ1n) is 2.90. The summed E-state index contributed by atoms with van der Waals surface area (Å²) in [5.41, 5.74) is 0. The van der Waals surface area contributed by atoms with Crippen LogP contribution in [0.3, 0.4) is 0 Å². The molecule has 0 spiro atoms. The van der Waals surface area contributed by atoms with Crippen LogP contribution in [0.1, 0.15) is 0 Å². The van der Waals surface area contributed by atoms with Crippen molar-refractivity contribution in [2.24, 2.45) is 0 Å². The first kappa shape index (κ1) is 7.39. The lowest BCUT2D eigenvalue weighted by Crippen LogP contribution is -2.02. The molecule has 11 heavy (non-hydrogen) atoms. The molecule has 0 radical (unpaired) electrons. The number of nitrogens with zero attached hydrogens (tertiary/aromatic N) is 3. The van der Waals surface area contributed by atoms with Crippen LogP contribution in [-0.2, 0) is 6.54 Å². The number of nitrogens with one attached hydrogen (secondary N) is 1. The summed E-state index contributed by atoms with van der Waals surface area (Å²) in [6.07, 6.45) is 3.87. The van der Waals surface area contributed by atoms with E-state index in [0.29, 0.717) is 0 Å². The van der Waals surface area contributed by atoms with Gasteiger partial charge >= 0.3 is 5.95 Å². The van der Waals surface area contributed by atoms with Gasteiger partial charge in [0.05, 0.1) is 0 Å². The maximum absolute atomic E-state index is 10.2. The normalized spacial score (nSPS) is 9.45. The molecule has 0 bridgehead atoms. The van der Waals surface area contributed by atoms with Crippen LogP contribution in [0.2, 0.25) is 0 Å². The van der Waals surface area contributed by atoms with Crippen molar-refractivity contribution < 1.29 is 4.92 Å². The Morgan fingerprint density at radius 3 is 3.18 bits per heavy atom. The molecule has 0 fully saturated rings. The smallest absolute Gasteiger partial charge is 0.390 e. The summed E-state index contributed by atoms with van der Waals surface area (Å²) >= 11 is 0. The van der Waals surface area contributed by atoms with Crippen LogP contribution in [0.25, 0.3) is 0 Å². The highest BCUT2D eigenvalue weighted by molar-refractivity contribution is 5.53. The van der Waals surface area contributed by atoms with Gasteiger partial charge in [-0.1, -0.05) is 4.98 Å². The lowest BCUT2D eigenvalue weighted by Gasteiger charge is -1.94. The summed E-state index contributed by atoms with van der Waals surface area (Å²) in [4.78, 5) is 13.1. The van der Waals surface area contributed by atoms with Gasteiger partial charge in [-0.05, 0) is 4.92 Å². The summed E-state index contributed by atoms with van der Waals surface area (Å²) in [6.45, 7) is 0.191. The number of aromatic nitrogens is 2. The van der Waals surface area contributed by atoms with Gasteiger partial charge < -0.3 is 15.5 Å². The van der Waals surface area contributed by atoms with Crippen molar-refractivity contribution in [2.75, 3.05) is 0 Å². The fourth-order valence-corrected chi connectivity index (χ4v) is 0.714. The molecule has 1 aromatic rings. The van der Waals surface area contributed by atoms with Gasteiger partial charge in [-0.2, -0.15) is 0 Å². The summed E-state index contributed by atoms with van der Waals surface area (Å²) in [5, 5.41) is 16.9. The summed E-state index contributed by atoms with van der Waals surface area (Å²) in [7, 11) is 0. The standard InChI is InChI=1S/C5H6N4O2/c6-1-3-8-4-2-7-5(8)9(10)11/h1-2,4,6H,3H2. The molecule has 1 aromatic heterocycles. The van der Waals surface area contributed by atoms with Gasteiger partial charge in [0.2, 0.25) is 0 Å². The Labute approximate surface area is 62.1 Å². The fraction of sp³-hybridized carbons (Fsp3) is 0.200. The van der Waals surface area contributed by atoms with Crippen LogP contribution in [0.15, 0.2) is 12.4 Å². The molecule has 0 saturated heterocycles. The molecule has 58 valence electrons. The molecule has 1 N–H and O–H groups in total. The van der Waals surface area contributed by atoms with E-state index in [1.165, 1.54) is 17.0 Å². The minimum Gasteiger partial charge on any atom is -0.390 e. The molecule has 0 aliphatic carbocycles. The summed E-state index contributed by atoms with van der Waals surface area (Å²) < 4.78 is 1.28. The Bertz CT molecular complexity index is 280. The zero-order valence-corrected chi connectivity index (χ0v) is 5.60. The molecule has 0 saturated carbocycles. The number of imidazole rings is 1. The first-order valence-corrected chi connectivity index (χ1v) is 2.90. The van der Waals surface area contributed by atoms with Crippen molar-refractivity contribution in [3.63, 3.8) is 0 Å². The van der Waals surface area contributed by atoms with E-state index in [1.807, 2.05) is 0 Å². The van der Waals surface area contributed by atoms with Crippen molar-refractivity contribution in [1.29, 1.82) is 5.41 Å². The van der Waals surface area contributed by atoms with Crippen molar-refractivity contribution >= 4 is 12.2 Å². The third kappa shape index (κ3) is 1.40. The second-order valence-corrected chi connectivity index (χ2v) is 1.84. The summed E-state index contributed by atoms with van der Waals surface area (Å²) in [5.74, 6) is -0.228. The number of hydrogen-bond acceptors (Lipinski definition) is 4. The van der Waals surface area contributed by atoms with Crippen LogP contribution in [0.4, 0.5) is 5.95 Å². The minimum absolute atomic E-state index is 0.191. The monoisotopic (exact) mass is 154 g/mol. The van der Waals surface area contributed by atoms with Gasteiger partial charge in [-0.25, -0.2) is 4.57 Å². The quantitative estimate of drug-likeness (QED) is 0.389. The lowest BCUT2D eigenvalue weighted by atomic mass is 10.7. The number of rotatable bonds is 3. The van der Waals surface area contributed by atoms with Crippen LogP contribution in [0, 0.1) is 15.5 Å². The van der Waals surface area contributed by atoms with E-state index in [9.17, 15) is 10.1 Å². The zero-order chi connectivity index (χ0) is 8.27. The van der Waals surface area contributed by atoms with E-state index < -0.39 is 4.92 Å². The molecule has 0 aliphatic rings. The molecule has 6 heteroatoms. The fourth-order valence-electron chi connectivity index (χ4n) is 0.714. The molecule has 0 aromatic carbocycles. The average molecular weight is 154 g/mol. The van der Waals surface area contributed by atoms with Crippen LogP contribution in [-0.4, -0.2) is 20.7 Å². The number of nitro groups is 1. The van der Waals surface area contributed by atoms with E-state index in [4.69, 9.17) is 5.41 Å². The highest BCUT2D eigenvalue weighted by Crippen LogP contribution is 2.05. The minimum atomic E-state index is -0.580. The van der Waals surface area contributed by atoms with Gasteiger partial charge in [0.1, 0.15) is 18.9 Å². The zero-order valence-electron chi connectivity index (χ0n) is 5.60. The molecule has 6 nitrogen and oxygen atoms in total. The van der Waals surface area contributed by atoms with Crippen molar-refractivity contribution in [3.8, 4) is 0 Å². The Hall–Kier alpha value is -1.72. The number of hydrogen-bond donors (Lipinski definition) is 1. The van der Waals surface area contributed by atoms with Crippen LogP contribution >= 0.6 is 0 Å². The van der Waals surface area contributed by atoms with E-state index >= 15 is 0 Å². The van der Waals surface area contributed by atoms with Crippen LogP contribution < -0.4 is 0 Å². The molecular weight excluding hydrogens is 148 g/mol. The largest absolute Gasteiger partial charge is 0.434 e. The molecule has 0 aliphatic heterocycles. The molecule has 0 atom stereocenters. The Morgan fingerprint density at radius 2 is 2.64 bits per heavy atom. The molecule has 0 unspecified atom stereocenters. The van der Waals surface area contributed by atoms with Gasteiger partial charge in [0.15, 0.2) is 0 Å². The average Bonchev–Trinajstić information content (AvgIpc) is 2.36. The second-order valence-electron chi connectivity index (χ2n) is 1.84. The van der Waals surface area contributed by atoms with Gasteiger partial charge in [0, 0.05) is 6.21 Å². The van der Waals surface area contributed by atoms with Crippen molar-refractivity contribution in [3.05, 3.63) is 22.5 Å². The highest BCUT2D eigenvalue weighted by atomic mass is 16.6. The van der Waals surface area contributed by atoms with Gasteiger partial charge in [-0.3, -0.25) is 0 Å². The lowest BCUT2D eigenvalue weighted by molar-refractivity contribution is -0.396. The van der Waals surface area contributed by atoms with E-state index in [1.54, 1.807) is 0 Å². The SMILES string of the molecule is N=CCn1ccnc1[N+](=O)[O-]. The Kier molecular flexibility index (Phi) is 1.95. The maximum atomic E-state index is 10.2. The second kappa shape index (κ2) is 2.91. The topological polar surface area (TPSA) is 84.8 Å². The Morgan fingerprint density at radius 1 is 1.91 bits per heavy atom. The predicted molar refractivity (Wildman–Crippen MR) is 37.7 cm³/mol. The predicted octanol–water partition coefficient (Wildman–Crippen LogP) is 0.441. The molecule has 0 amide bonds. The van der Waals surface area contributed by atoms with Gasteiger partial charge in [-0.15, -0.1) is 0 Å². The Balaban J connectivity index is 2.95. The highest BCUT2D eigenvalue weighted by Gasteiger charge is 2.11. The molecular formula is C5H6N4O2. The molecule has 1 heterocycles. The third-order valence-electron chi connectivity index (χ3n) is 1.14. The summed E-state index contributed by atoms with van der Waals surface area (Å²) in [6, 6.07) is 0. The van der Waals surface area contributed by atoms with Crippen LogP contribution in [0.5, 0.6) is 0 Å². The van der Waals surface area contributed by atoms with Gasteiger partial charge in [0.25, 0.3) is 0 Å².